The SMILES string of the molecule is CCCC[SiH]OC(C)(C)C. The highest BCUT2D eigenvalue weighted by Gasteiger charge is 2.08. The second kappa shape index (κ2) is 4.91. The van der Waals surface area contributed by atoms with Crippen molar-refractivity contribution < 1.29 is 4.43 Å². The van der Waals surface area contributed by atoms with E-state index in [4.69, 9.17) is 4.43 Å². The Kier molecular flexibility index (Phi) is 5.00. The molecule has 0 aromatic heterocycles. The Bertz CT molecular complexity index is 75.8. The van der Waals surface area contributed by atoms with Gasteiger partial charge < -0.3 is 4.43 Å². The molecule has 0 bridgehead atoms. The lowest BCUT2D eigenvalue weighted by molar-refractivity contribution is 0.138. The summed E-state index contributed by atoms with van der Waals surface area (Å²) < 4.78 is 5.61. The molecular formula is C8H19OSi. The molecule has 0 heterocycles. The fourth-order valence-corrected chi connectivity index (χ4v) is 1.79. The zero-order valence-corrected chi connectivity index (χ0v) is 8.76. The molecule has 0 rings (SSSR count). The van der Waals surface area contributed by atoms with Gasteiger partial charge in [0.25, 0.3) is 0 Å². The van der Waals surface area contributed by atoms with E-state index in [0.717, 1.165) is 0 Å². The van der Waals surface area contributed by atoms with E-state index in [1.165, 1.54) is 18.9 Å². The molecule has 0 amide bonds. The largest absolute Gasteiger partial charge is 0.416 e. The summed E-state index contributed by atoms with van der Waals surface area (Å²) >= 11 is 0. The van der Waals surface area contributed by atoms with Crippen molar-refractivity contribution in [3.63, 3.8) is 0 Å². The summed E-state index contributed by atoms with van der Waals surface area (Å²) in [5, 5.41) is 0. The summed E-state index contributed by atoms with van der Waals surface area (Å²) in [4.78, 5) is 0. The molecule has 0 aliphatic rings. The summed E-state index contributed by atoms with van der Waals surface area (Å²) in [5.74, 6) is 0. The second-order valence-corrected chi connectivity index (χ2v) is 4.69. The summed E-state index contributed by atoms with van der Waals surface area (Å²) in [7, 11) is 0.243. The number of hydrogen-bond acceptors (Lipinski definition) is 1. The van der Waals surface area contributed by atoms with Gasteiger partial charge in [-0.2, -0.15) is 0 Å². The van der Waals surface area contributed by atoms with Crippen molar-refractivity contribution in [2.45, 2.75) is 52.2 Å². The first kappa shape index (κ1) is 10.2. The van der Waals surface area contributed by atoms with Crippen molar-refractivity contribution in [3.8, 4) is 0 Å². The minimum Gasteiger partial charge on any atom is -0.416 e. The van der Waals surface area contributed by atoms with E-state index in [1.807, 2.05) is 0 Å². The average molecular weight is 159 g/mol. The van der Waals surface area contributed by atoms with Crippen LogP contribution in [0.3, 0.4) is 0 Å². The van der Waals surface area contributed by atoms with E-state index in [1.54, 1.807) is 0 Å². The molecule has 0 fully saturated rings. The van der Waals surface area contributed by atoms with Crippen molar-refractivity contribution in [1.82, 2.24) is 0 Å². The molecule has 0 aromatic carbocycles. The normalized spacial score (nSPS) is 12.0. The van der Waals surface area contributed by atoms with Gasteiger partial charge in [-0.1, -0.05) is 19.8 Å². The first-order valence-corrected chi connectivity index (χ1v) is 5.34. The lowest BCUT2D eigenvalue weighted by atomic mass is 10.2. The van der Waals surface area contributed by atoms with Gasteiger partial charge in [-0.15, -0.1) is 0 Å². The van der Waals surface area contributed by atoms with Crippen LogP contribution in [0.15, 0.2) is 0 Å². The van der Waals surface area contributed by atoms with E-state index < -0.39 is 0 Å². The maximum atomic E-state index is 5.61. The van der Waals surface area contributed by atoms with Crippen LogP contribution in [-0.2, 0) is 4.43 Å². The Balaban J connectivity index is 3.04. The number of hydrogen-bond donors (Lipinski definition) is 0. The summed E-state index contributed by atoms with van der Waals surface area (Å²) in [6.07, 6.45) is 2.62. The zero-order chi connectivity index (χ0) is 8.04. The fourth-order valence-electron chi connectivity index (χ4n) is 0.596. The van der Waals surface area contributed by atoms with Gasteiger partial charge in [-0.25, -0.2) is 0 Å². The molecule has 0 spiro atoms. The fraction of sp³-hybridized carbons (Fsp3) is 1.00. The first-order valence-electron chi connectivity index (χ1n) is 4.06. The molecule has 61 valence electrons. The molecule has 10 heavy (non-hydrogen) atoms. The van der Waals surface area contributed by atoms with E-state index in [0.29, 0.717) is 0 Å². The second-order valence-electron chi connectivity index (χ2n) is 3.54. The third-order valence-corrected chi connectivity index (χ3v) is 2.63. The number of rotatable bonds is 4. The molecule has 0 atom stereocenters. The monoisotopic (exact) mass is 159 g/mol. The van der Waals surface area contributed by atoms with Gasteiger partial charge in [0, 0.05) is 5.60 Å². The molecule has 0 aromatic rings. The summed E-state index contributed by atoms with van der Waals surface area (Å²) in [6, 6.07) is 1.29. The molecule has 2 heteroatoms. The van der Waals surface area contributed by atoms with E-state index in [-0.39, 0.29) is 15.4 Å². The van der Waals surface area contributed by atoms with Gasteiger partial charge in [-0.3, -0.25) is 0 Å². The third-order valence-electron chi connectivity index (χ3n) is 1.11. The smallest absolute Gasteiger partial charge is 0.194 e. The predicted molar refractivity (Wildman–Crippen MR) is 47.7 cm³/mol. The van der Waals surface area contributed by atoms with Crippen molar-refractivity contribution >= 4 is 9.76 Å². The third kappa shape index (κ3) is 8.18. The first-order chi connectivity index (χ1) is 4.56. The Labute approximate surface area is 67.1 Å². The van der Waals surface area contributed by atoms with E-state index in [2.05, 4.69) is 27.7 Å². The van der Waals surface area contributed by atoms with E-state index in [9.17, 15) is 0 Å². The summed E-state index contributed by atoms with van der Waals surface area (Å²) in [5.41, 5.74) is 0.0864. The zero-order valence-electron chi connectivity index (χ0n) is 7.61. The standard InChI is InChI=1S/C8H19OSi/c1-5-6-7-10-9-8(2,3)4/h10H,5-7H2,1-4H3. The van der Waals surface area contributed by atoms with Crippen molar-refractivity contribution in [2.75, 3.05) is 0 Å². The number of unbranched alkanes of at least 4 members (excludes halogenated alkanes) is 1. The lowest BCUT2D eigenvalue weighted by Crippen LogP contribution is -2.21. The van der Waals surface area contributed by atoms with Crippen LogP contribution in [0.2, 0.25) is 6.04 Å². The van der Waals surface area contributed by atoms with Gasteiger partial charge in [-0.05, 0) is 26.8 Å². The minimum absolute atomic E-state index is 0.0864. The average Bonchev–Trinajstić information content (AvgIpc) is 1.78. The molecule has 0 aliphatic carbocycles. The van der Waals surface area contributed by atoms with Crippen LogP contribution in [0, 0.1) is 0 Å². The maximum Gasteiger partial charge on any atom is 0.194 e. The van der Waals surface area contributed by atoms with Crippen LogP contribution in [0.1, 0.15) is 40.5 Å². The molecule has 0 N–H and O–H groups in total. The quantitative estimate of drug-likeness (QED) is 0.452. The van der Waals surface area contributed by atoms with Gasteiger partial charge in [0.05, 0.1) is 0 Å². The van der Waals surface area contributed by atoms with Crippen LogP contribution in [0.4, 0.5) is 0 Å². The molecular weight excluding hydrogens is 140 g/mol. The van der Waals surface area contributed by atoms with Crippen molar-refractivity contribution in [2.24, 2.45) is 0 Å². The highest BCUT2D eigenvalue weighted by Crippen LogP contribution is 2.06. The van der Waals surface area contributed by atoms with Crippen molar-refractivity contribution in [1.29, 1.82) is 0 Å². The molecule has 0 saturated carbocycles. The molecule has 0 unspecified atom stereocenters. The van der Waals surface area contributed by atoms with Gasteiger partial charge >= 0.3 is 0 Å². The van der Waals surface area contributed by atoms with Crippen LogP contribution in [-0.4, -0.2) is 15.4 Å². The van der Waals surface area contributed by atoms with Gasteiger partial charge in [0.2, 0.25) is 0 Å². The maximum absolute atomic E-state index is 5.61. The Morgan fingerprint density at radius 1 is 1.30 bits per heavy atom. The molecule has 1 radical (unpaired) electrons. The Morgan fingerprint density at radius 3 is 2.30 bits per heavy atom. The lowest BCUT2D eigenvalue weighted by Gasteiger charge is -2.19. The van der Waals surface area contributed by atoms with Crippen LogP contribution >= 0.6 is 0 Å². The van der Waals surface area contributed by atoms with Crippen molar-refractivity contribution in [3.05, 3.63) is 0 Å². The molecule has 0 aliphatic heterocycles. The van der Waals surface area contributed by atoms with E-state index >= 15 is 0 Å². The minimum atomic E-state index is 0.0864. The van der Waals surface area contributed by atoms with Gasteiger partial charge in [0.1, 0.15) is 0 Å². The molecule has 1 nitrogen and oxygen atoms in total. The predicted octanol–water partition coefficient (Wildman–Crippen LogP) is 2.37. The topological polar surface area (TPSA) is 9.23 Å². The highest BCUT2D eigenvalue weighted by atomic mass is 28.2. The Hall–Kier alpha value is 0.177. The molecule has 0 saturated heterocycles. The van der Waals surface area contributed by atoms with Crippen LogP contribution in [0.5, 0.6) is 0 Å². The Morgan fingerprint density at radius 2 is 1.90 bits per heavy atom. The van der Waals surface area contributed by atoms with Crippen LogP contribution in [0.25, 0.3) is 0 Å². The summed E-state index contributed by atoms with van der Waals surface area (Å²) in [6.45, 7) is 8.57. The highest BCUT2D eigenvalue weighted by molar-refractivity contribution is 6.27. The van der Waals surface area contributed by atoms with Gasteiger partial charge in [0.15, 0.2) is 9.76 Å². The van der Waals surface area contributed by atoms with Crippen LogP contribution < -0.4 is 0 Å².